The van der Waals surface area contributed by atoms with Crippen molar-refractivity contribution in [3.8, 4) is 0 Å². The Kier molecular flexibility index (Phi) is 7.28. The van der Waals surface area contributed by atoms with Crippen LogP contribution in [-0.2, 0) is 29.0 Å². The molecule has 0 bridgehead atoms. The van der Waals surface area contributed by atoms with E-state index in [0.29, 0.717) is 19.4 Å². The van der Waals surface area contributed by atoms with Crippen LogP contribution in [0.25, 0.3) is 0 Å². The molecule has 3 N–H and O–H groups in total. The fraction of sp³-hybridized carbons (Fsp3) is 0.286. The maximum absolute atomic E-state index is 13.8. The fourth-order valence-electron chi connectivity index (χ4n) is 4.45. The van der Waals surface area contributed by atoms with E-state index in [9.17, 15) is 9.59 Å². The molecule has 0 fully saturated rings. The number of rotatable bonds is 8. The monoisotopic (exact) mass is 456 g/mol. The van der Waals surface area contributed by atoms with Gasteiger partial charge in [0.25, 0.3) is 0 Å². The molecule has 1 unspecified atom stereocenters. The number of hydrogen-bond donors (Lipinski definition) is 2. The van der Waals surface area contributed by atoms with Crippen molar-refractivity contribution < 1.29 is 9.59 Å². The van der Waals surface area contributed by atoms with Gasteiger partial charge < -0.3 is 15.5 Å². The van der Waals surface area contributed by atoms with Crippen molar-refractivity contribution in [3.05, 3.63) is 95.6 Å². The standard InChI is InChI=1S/C28H32N4O2/c1-31(2)23-15-12-21(13-16-23)19-32-26-11-7-6-10-22(26)14-17-24(28(32)34)30-25(27(29)33)18-20-8-4-3-5-9-20/h3-13,15-16,24-25,30H,14,17-19H2,1-2H3,(H2,29,33)/t24?,25-/m0/s1. The summed E-state index contributed by atoms with van der Waals surface area (Å²) in [7, 11) is 4.01. The topological polar surface area (TPSA) is 78.7 Å². The van der Waals surface area contributed by atoms with Crippen LogP contribution in [0.5, 0.6) is 0 Å². The lowest BCUT2D eigenvalue weighted by Gasteiger charge is -2.28. The molecule has 3 aromatic carbocycles. The molecule has 0 saturated carbocycles. The molecule has 3 aromatic rings. The fourth-order valence-corrected chi connectivity index (χ4v) is 4.45. The first-order valence-electron chi connectivity index (χ1n) is 11.7. The second-order valence-electron chi connectivity index (χ2n) is 9.02. The first kappa shape index (κ1) is 23.5. The van der Waals surface area contributed by atoms with Crippen molar-refractivity contribution in [3.63, 3.8) is 0 Å². The van der Waals surface area contributed by atoms with E-state index in [1.807, 2.05) is 72.4 Å². The van der Waals surface area contributed by atoms with Gasteiger partial charge in [-0.3, -0.25) is 14.9 Å². The number of nitrogens with two attached hydrogens (primary N) is 1. The molecule has 2 amide bonds. The van der Waals surface area contributed by atoms with Crippen LogP contribution in [0.1, 0.15) is 23.1 Å². The Bertz CT molecular complexity index is 1130. The molecule has 2 atom stereocenters. The van der Waals surface area contributed by atoms with E-state index in [4.69, 9.17) is 5.73 Å². The summed E-state index contributed by atoms with van der Waals surface area (Å²) in [6, 6.07) is 24.9. The van der Waals surface area contributed by atoms with E-state index in [1.54, 1.807) is 0 Å². The van der Waals surface area contributed by atoms with Gasteiger partial charge in [0.1, 0.15) is 0 Å². The second-order valence-corrected chi connectivity index (χ2v) is 9.02. The largest absolute Gasteiger partial charge is 0.378 e. The minimum Gasteiger partial charge on any atom is -0.378 e. The van der Waals surface area contributed by atoms with E-state index >= 15 is 0 Å². The Hall–Kier alpha value is -3.64. The van der Waals surface area contributed by atoms with Crippen molar-refractivity contribution in [2.24, 2.45) is 5.73 Å². The molecule has 4 rings (SSSR count). The molecule has 0 spiro atoms. The highest BCUT2D eigenvalue weighted by atomic mass is 16.2. The third kappa shape index (κ3) is 5.46. The quantitative estimate of drug-likeness (QED) is 0.545. The first-order chi connectivity index (χ1) is 16.4. The highest BCUT2D eigenvalue weighted by Gasteiger charge is 2.33. The van der Waals surface area contributed by atoms with Gasteiger partial charge in [-0.2, -0.15) is 0 Å². The van der Waals surface area contributed by atoms with Gasteiger partial charge in [-0.15, -0.1) is 0 Å². The van der Waals surface area contributed by atoms with Gasteiger partial charge in [0.15, 0.2) is 0 Å². The predicted molar refractivity (Wildman–Crippen MR) is 137 cm³/mol. The number of amides is 2. The SMILES string of the molecule is CN(C)c1ccc(CN2C(=O)C(N[C@@H](Cc3ccccc3)C(N)=O)CCc3ccccc32)cc1. The average Bonchev–Trinajstić information content (AvgIpc) is 2.97. The summed E-state index contributed by atoms with van der Waals surface area (Å²) in [5.74, 6) is -0.495. The van der Waals surface area contributed by atoms with Crippen LogP contribution in [0.4, 0.5) is 11.4 Å². The summed E-state index contributed by atoms with van der Waals surface area (Å²) in [5.41, 5.74) is 10.9. The Morgan fingerprint density at radius 1 is 1.00 bits per heavy atom. The molecular formula is C28H32N4O2. The third-order valence-corrected chi connectivity index (χ3v) is 6.37. The number of carbonyl (C=O) groups excluding carboxylic acids is 2. The number of hydrogen-bond acceptors (Lipinski definition) is 4. The van der Waals surface area contributed by atoms with Crippen LogP contribution < -0.4 is 20.9 Å². The third-order valence-electron chi connectivity index (χ3n) is 6.37. The normalized spacial score (nSPS) is 16.5. The molecule has 1 aliphatic rings. The van der Waals surface area contributed by atoms with Crippen LogP contribution >= 0.6 is 0 Å². The van der Waals surface area contributed by atoms with Crippen molar-refractivity contribution in [2.75, 3.05) is 23.9 Å². The van der Waals surface area contributed by atoms with Crippen molar-refractivity contribution in [1.82, 2.24) is 5.32 Å². The van der Waals surface area contributed by atoms with Crippen molar-refractivity contribution in [1.29, 1.82) is 0 Å². The summed E-state index contributed by atoms with van der Waals surface area (Å²) in [6.45, 7) is 0.460. The molecule has 0 aromatic heterocycles. The molecule has 6 nitrogen and oxygen atoms in total. The summed E-state index contributed by atoms with van der Waals surface area (Å²) < 4.78 is 0. The zero-order valence-electron chi connectivity index (χ0n) is 19.8. The van der Waals surface area contributed by atoms with E-state index < -0.39 is 18.0 Å². The minimum atomic E-state index is -0.626. The highest BCUT2D eigenvalue weighted by molar-refractivity contribution is 5.99. The van der Waals surface area contributed by atoms with Crippen LogP contribution in [-0.4, -0.2) is 38.0 Å². The van der Waals surface area contributed by atoms with E-state index in [1.165, 1.54) is 0 Å². The van der Waals surface area contributed by atoms with Gasteiger partial charge >= 0.3 is 0 Å². The van der Waals surface area contributed by atoms with Gasteiger partial charge in [-0.05, 0) is 54.2 Å². The number of primary amides is 1. The van der Waals surface area contributed by atoms with Crippen molar-refractivity contribution in [2.45, 2.75) is 37.9 Å². The van der Waals surface area contributed by atoms with Gasteiger partial charge in [0.2, 0.25) is 11.8 Å². The van der Waals surface area contributed by atoms with Crippen molar-refractivity contribution >= 4 is 23.2 Å². The summed E-state index contributed by atoms with van der Waals surface area (Å²) in [6.07, 6.45) is 1.79. The number of fused-ring (bicyclic) bond motifs is 1. The van der Waals surface area contributed by atoms with E-state index in [0.717, 1.165) is 34.5 Å². The molecule has 1 heterocycles. The van der Waals surface area contributed by atoms with E-state index in [2.05, 4.69) is 35.6 Å². The van der Waals surface area contributed by atoms with Crippen LogP contribution in [0.2, 0.25) is 0 Å². The van der Waals surface area contributed by atoms with Gasteiger partial charge in [0.05, 0.1) is 18.6 Å². The Balaban J connectivity index is 1.59. The van der Waals surface area contributed by atoms with Gasteiger partial charge in [-0.1, -0.05) is 60.7 Å². The maximum Gasteiger partial charge on any atom is 0.244 e. The molecule has 176 valence electrons. The zero-order valence-corrected chi connectivity index (χ0v) is 19.8. The minimum absolute atomic E-state index is 0.0408. The van der Waals surface area contributed by atoms with Gasteiger partial charge in [0, 0.05) is 25.5 Å². The lowest BCUT2D eigenvalue weighted by atomic mass is 10.0. The number of anilines is 2. The molecule has 0 radical (unpaired) electrons. The number of aryl methyl sites for hydroxylation is 1. The number of nitrogens with one attached hydrogen (secondary N) is 1. The summed E-state index contributed by atoms with van der Waals surface area (Å²) in [5, 5.41) is 3.30. The average molecular weight is 457 g/mol. The second kappa shape index (κ2) is 10.5. The van der Waals surface area contributed by atoms with Crippen LogP contribution in [0.15, 0.2) is 78.9 Å². The first-order valence-corrected chi connectivity index (χ1v) is 11.7. The number of nitrogens with zero attached hydrogens (tertiary/aromatic N) is 2. The maximum atomic E-state index is 13.8. The molecule has 34 heavy (non-hydrogen) atoms. The number of carbonyl (C=O) groups is 2. The van der Waals surface area contributed by atoms with Crippen LogP contribution in [0, 0.1) is 0 Å². The number of para-hydroxylation sites is 1. The lowest BCUT2D eigenvalue weighted by molar-refractivity contribution is -0.122. The highest BCUT2D eigenvalue weighted by Crippen LogP contribution is 2.29. The lowest BCUT2D eigenvalue weighted by Crippen LogP contribution is -2.53. The van der Waals surface area contributed by atoms with Crippen LogP contribution in [0.3, 0.4) is 0 Å². The Morgan fingerprint density at radius 3 is 2.35 bits per heavy atom. The Morgan fingerprint density at radius 2 is 1.68 bits per heavy atom. The Labute approximate surface area is 201 Å². The molecular weight excluding hydrogens is 424 g/mol. The summed E-state index contributed by atoms with van der Waals surface area (Å²) in [4.78, 5) is 30.0. The van der Waals surface area contributed by atoms with Gasteiger partial charge in [-0.25, -0.2) is 0 Å². The number of benzene rings is 3. The predicted octanol–water partition coefficient (Wildman–Crippen LogP) is 3.29. The molecule has 0 saturated heterocycles. The van der Waals surface area contributed by atoms with E-state index in [-0.39, 0.29) is 5.91 Å². The smallest absolute Gasteiger partial charge is 0.244 e. The molecule has 1 aliphatic heterocycles. The summed E-state index contributed by atoms with van der Waals surface area (Å²) >= 11 is 0. The molecule has 0 aliphatic carbocycles. The molecule has 6 heteroatoms. The zero-order chi connectivity index (χ0) is 24.1.